The van der Waals surface area contributed by atoms with E-state index in [0.717, 1.165) is 22.2 Å². The van der Waals surface area contributed by atoms with Crippen molar-refractivity contribution in [1.82, 2.24) is 4.57 Å². The zero-order chi connectivity index (χ0) is 19.1. The highest BCUT2D eigenvalue weighted by Crippen LogP contribution is 2.37. The van der Waals surface area contributed by atoms with E-state index in [1.807, 2.05) is 35.8 Å². The molecule has 0 saturated heterocycles. The zero-order valence-electron chi connectivity index (χ0n) is 15.2. The van der Waals surface area contributed by atoms with Gasteiger partial charge in [-0.05, 0) is 6.42 Å². The summed E-state index contributed by atoms with van der Waals surface area (Å²) in [7, 11) is 2.55. The average Bonchev–Trinajstić information content (AvgIpc) is 2.97. The molecule has 0 amide bonds. The highest BCUT2D eigenvalue weighted by Gasteiger charge is 2.25. The van der Waals surface area contributed by atoms with Gasteiger partial charge in [-0.3, -0.25) is 0 Å². The van der Waals surface area contributed by atoms with E-state index in [1.54, 1.807) is 0 Å². The standard InChI is InChI=1S/C19H23NO5S/c1-4-9-20-17(15(19(23)25-3)12-16(22)24-2)13-7-5-6-8-14(13)18(20)26-11-10-21/h5-8,12,21H,4,9-11H2,1-3H3/b15-12+. The second-order valence-corrected chi connectivity index (χ2v) is 6.58. The molecule has 1 N–H and O–H groups in total. The van der Waals surface area contributed by atoms with Crippen LogP contribution in [0, 0.1) is 0 Å². The smallest absolute Gasteiger partial charge is 0.340 e. The second-order valence-electron chi connectivity index (χ2n) is 5.50. The van der Waals surface area contributed by atoms with Gasteiger partial charge in [-0.2, -0.15) is 0 Å². The lowest BCUT2D eigenvalue weighted by atomic mass is 10.1. The Morgan fingerprint density at radius 1 is 1.19 bits per heavy atom. The van der Waals surface area contributed by atoms with Gasteiger partial charge in [0.05, 0.1) is 37.1 Å². The van der Waals surface area contributed by atoms with Gasteiger partial charge in [0, 0.05) is 29.1 Å². The third kappa shape index (κ3) is 4.11. The number of aliphatic hydroxyl groups excluding tert-OH is 1. The van der Waals surface area contributed by atoms with Crippen molar-refractivity contribution in [1.29, 1.82) is 0 Å². The normalized spacial score (nSPS) is 11.6. The molecule has 0 radical (unpaired) electrons. The predicted octanol–water partition coefficient (Wildman–Crippen LogP) is 2.87. The number of methoxy groups -OCH3 is 2. The van der Waals surface area contributed by atoms with Crippen molar-refractivity contribution in [3.8, 4) is 0 Å². The SMILES string of the molecule is CCCn1c(SCCO)c2ccccc2c1/C(=C\C(=O)OC)C(=O)OC. The van der Waals surface area contributed by atoms with Crippen LogP contribution in [0.3, 0.4) is 0 Å². The third-order valence-electron chi connectivity index (χ3n) is 3.83. The van der Waals surface area contributed by atoms with Crippen LogP contribution in [-0.4, -0.2) is 48.2 Å². The van der Waals surface area contributed by atoms with Crippen LogP contribution in [0.25, 0.3) is 16.3 Å². The Labute approximate surface area is 156 Å². The fraction of sp³-hybridized carbons (Fsp3) is 0.368. The molecule has 0 aliphatic heterocycles. The summed E-state index contributed by atoms with van der Waals surface area (Å²) >= 11 is 1.52. The van der Waals surface area contributed by atoms with E-state index >= 15 is 0 Å². The van der Waals surface area contributed by atoms with Crippen LogP contribution in [0.5, 0.6) is 0 Å². The molecule has 1 heterocycles. The first-order chi connectivity index (χ1) is 12.6. The summed E-state index contributed by atoms with van der Waals surface area (Å²) in [5.74, 6) is -0.691. The Morgan fingerprint density at radius 2 is 1.88 bits per heavy atom. The summed E-state index contributed by atoms with van der Waals surface area (Å²) in [6.07, 6.45) is 2.01. The number of benzene rings is 1. The number of hydrogen-bond acceptors (Lipinski definition) is 6. The van der Waals surface area contributed by atoms with Crippen molar-refractivity contribution in [2.45, 2.75) is 24.9 Å². The number of fused-ring (bicyclic) bond motifs is 1. The van der Waals surface area contributed by atoms with Crippen molar-refractivity contribution in [2.24, 2.45) is 0 Å². The molecule has 2 aromatic rings. The zero-order valence-corrected chi connectivity index (χ0v) is 16.0. The van der Waals surface area contributed by atoms with Gasteiger partial charge in [-0.25, -0.2) is 9.59 Å². The number of nitrogens with zero attached hydrogens (tertiary/aromatic N) is 1. The van der Waals surface area contributed by atoms with Crippen molar-refractivity contribution in [3.05, 3.63) is 36.0 Å². The van der Waals surface area contributed by atoms with E-state index in [1.165, 1.54) is 32.1 Å². The van der Waals surface area contributed by atoms with Crippen molar-refractivity contribution >= 4 is 40.0 Å². The fourth-order valence-electron chi connectivity index (χ4n) is 2.80. The highest BCUT2D eigenvalue weighted by atomic mass is 32.2. The maximum atomic E-state index is 12.4. The molecule has 26 heavy (non-hydrogen) atoms. The Hall–Kier alpha value is -2.25. The van der Waals surface area contributed by atoms with Gasteiger partial charge in [0.1, 0.15) is 0 Å². The number of hydrogen-bond donors (Lipinski definition) is 1. The molecule has 1 aromatic carbocycles. The molecule has 0 saturated carbocycles. The van der Waals surface area contributed by atoms with Gasteiger partial charge < -0.3 is 19.1 Å². The van der Waals surface area contributed by atoms with Crippen LogP contribution < -0.4 is 0 Å². The van der Waals surface area contributed by atoms with Crippen LogP contribution in [0.4, 0.5) is 0 Å². The predicted molar refractivity (Wildman–Crippen MR) is 102 cm³/mol. The van der Waals surface area contributed by atoms with Gasteiger partial charge >= 0.3 is 11.9 Å². The molecular formula is C19H23NO5S. The fourth-order valence-corrected chi connectivity index (χ4v) is 3.76. The maximum Gasteiger partial charge on any atom is 0.340 e. The van der Waals surface area contributed by atoms with Crippen LogP contribution in [0.1, 0.15) is 19.0 Å². The van der Waals surface area contributed by atoms with Gasteiger partial charge in [-0.1, -0.05) is 31.2 Å². The summed E-state index contributed by atoms with van der Waals surface area (Å²) in [6, 6.07) is 7.69. The summed E-state index contributed by atoms with van der Waals surface area (Å²) in [5.41, 5.74) is 0.778. The van der Waals surface area contributed by atoms with Gasteiger partial charge in [0.2, 0.25) is 0 Å². The minimum absolute atomic E-state index is 0.0491. The third-order valence-corrected chi connectivity index (χ3v) is 4.93. The number of aromatic nitrogens is 1. The molecule has 140 valence electrons. The maximum absolute atomic E-state index is 12.4. The molecule has 2 rings (SSSR count). The van der Waals surface area contributed by atoms with Crippen LogP contribution in [-0.2, 0) is 25.6 Å². The molecule has 6 nitrogen and oxygen atoms in total. The first kappa shape index (κ1) is 20.1. The van der Waals surface area contributed by atoms with Crippen LogP contribution >= 0.6 is 11.8 Å². The molecule has 0 aliphatic rings. The number of thioether (sulfide) groups is 1. The summed E-state index contributed by atoms with van der Waals surface area (Å²) in [4.78, 5) is 24.3. The van der Waals surface area contributed by atoms with E-state index < -0.39 is 11.9 Å². The van der Waals surface area contributed by atoms with E-state index in [-0.39, 0.29) is 12.2 Å². The van der Waals surface area contributed by atoms with E-state index in [4.69, 9.17) is 9.47 Å². The number of carbonyl (C=O) groups excluding carboxylic acids is 2. The molecule has 0 spiro atoms. The topological polar surface area (TPSA) is 77.8 Å². The number of aliphatic hydroxyl groups is 1. The summed E-state index contributed by atoms with van der Waals surface area (Å²) in [6.45, 7) is 2.75. The van der Waals surface area contributed by atoms with Crippen molar-refractivity contribution < 1.29 is 24.2 Å². The van der Waals surface area contributed by atoms with Gasteiger partial charge in [0.15, 0.2) is 0 Å². The van der Waals surface area contributed by atoms with E-state index in [9.17, 15) is 14.7 Å². The van der Waals surface area contributed by atoms with Gasteiger partial charge in [-0.15, -0.1) is 11.8 Å². The molecule has 7 heteroatoms. The molecule has 0 bridgehead atoms. The monoisotopic (exact) mass is 377 g/mol. The lowest BCUT2D eigenvalue weighted by Crippen LogP contribution is -2.13. The first-order valence-corrected chi connectivity index (χ1v) is 9.30. The largest absolute Gasteiger partial charge is 0.466 e. The number of rotatable bonds is 8. The van der Waals surface area contributed by atoms with Crippen molar-refractivity contribution in [3.63, 3.8) is 0 Å². The minimum Gasteiger partial charge on any atom is -0.466 e. The molecule has 0 aliphatic carbocycles. The molecule has 0 fully saturated rings. The van der Waals surface area contributed by atoms with Crippen LogP contribution in [0.15, 0.2) is 35.4 Å². The minimum atomic E-state index is -0.622. The summed E-state index contributed by atoms with van der Waals surface area (Å²) in [5, 5.41) is 12.0. The van der Waals surface area contributed by atoms with Crippen LogP contribution in [0.2, 0.25) is 0 Å². The van der Waals surface area contributed by atoms with E-state index in [2.05, 4.69) is 0 Å². The Bertz CT molecular complexity index is 825. The van der Waals surface area contributed by atoms with Gasteiger partial charge in [0.25, 0.3) is 0 Å². The van der Waals surface area contributed by atoms with E-state index in [0.29, 0.717) is 18.0 Å². The molecule has 1 aromatic heterocycles. The number of carbonyl (C=O) groups is 2. The lowest BCUT2D eigenvalue weighted by Gasteiger charge is -2.14. The Kier molecular flexibility index (Phi) is 7.29. The average molecular weight is 377 g/mol. The molecular weight excluding hydrogens is 354 g/mol. The summed E-state index contributed by atoms with van der Waals surface area (Å²) < 4.78 is 11.6. The molecule has 0 unspecified atom stereocenters. The number of esters is 2. The van der Waals surface area contributed by atoms with Crippen molar-refractivity contribution in [2.75, 3.05) is 26.6 Å². The highest BCUT2D eigenvalue weighted by molar-refractivity contribution is 7.99. The second kappa shape index (κ2) is 9.45. The Morgan fingerprint density at radius 3 is 2.46 bits per heavy atom. The lowest BCUT2D eigenvalue weighted by molar-refractivity contribution is -0.136. The number of ether oxygens (including phenoxy) is 2. The first-order valence-electron chi connectivity index (χ1n) is 8.32. The Balaban J connectivity index is 2.81. The molecule has 0 atom stereocenters. The quantitative estimate of drug-likeness (QED) is 0.433.